The second kappa shape index (κ2) is 3.78. The van der Waals surface area contributed by atoms with Crippen LogP contribution in [0.1, 0.15) is 11.6 Å². The molecule has 4 N–H and O–H groups in total. The molecule has 0 radical (unpaired) electrons. The summed E-state index contributed by atoms with van der Waals surface area (Å²) in [6, 6.07) is 14.4. The van der Waals surface area contributed by atoms with Crippen molar-refractivity contribution >= 4 is 10.8 Å². The van der Waals surface area contributed by atoms with Crippen LogP contribution < -0.4 is 11.5 Å². The summed E-state index contributed by atoms with van der Waals surface area (Å²) < 4.78 is 0. The highest BCUT2D eigenvalue weighted by Crippen LogP contribution is 2.18. The molecule has 0 fully saturated rings. The van der Waals surface area contributed by atoms with Gasteiger partial charge in [0, 0.05) is 12.6 Å². The van der Waals surface area contributed by atoms with Crippen LogP contribution in [0.4, 0.5) is 0 Å². The van der Waals surface area contributed by atoms with E-state index in [2.05, 4.69) is 24.3 Å². The van der Waals surface area contributed by atoms with Gasteiger partial charge in [0.15, 0.2) is 0 Å². The largest absolute Gasteiger partial charge is 0.329 e. The molecule has 0 aromatic heterocycles. The normalized spacial score (nSPS) is 13.0. The van der Waals surface area contributed by atoms with Gasteiger partial charge < -0.3 is 11.5 Å². The molecular weight excluding hydrogens is 172 g/mol. The zero-order valence-electron chi connectivity index (χ0n) is 7.98. The van der Waals surface area contributed by atoms with Crippen molar-refractivity contribution in [2.45, 2.75) is 6.04 Å². The van der Waals surface area contributed by atoms with E-state index < -0.39 is 0 Å². The van der Waals surface area contributed by atoms with Gasteiger partial charge in [-0.15, -0.1) is 0 Å². The van der Waals surface area contributed by atoms with Crippen molar-refractivity contribution in [1.29, 1.82) is 0 Å². The molecule has 2 heteroatoms. The Morgan fingerprint density at radius 1 is 1.00 bits per heavy atom. The molecule has 0 saturated heterocycles. The van der Waals surface area contributed by atoms with E-state index in [9.17, 15) is 0 Å². The molecule has 14 heavy (non-hydrogen) atoms. The lowest BCUT2D eigenvalue weighted by Gasteiger charge is -2.09. The fourth-order valence-corrected chi connectivity index (χ4v) is 1.57. The van der Waals surface area contributed by atoms with E-state index in [0.717, 1.165) is 5.56 Å². The Bertz CT molecular complexity index is 437. The third-order valence-electron chi connectivity index (χ3n) is 2.46. The second-order valence-electron chi connectivity index (χ2n) is 3.45. The molecule has 2 aromatic rings. The molecule has 72 valence electrons. The quantitative estimate of drug-likeness (QED) is 0.751. The van der Waals surface area contributed by atoms with E-state index in [-0.39, 0.29) is 6.04 Å². The smallest absolute Gasteiger partial charge is 0.0419 e. The zero-order chi connectivity index (χ0) is 9.97. The van der Waals surface area contributed by atoms with Gasteiger partial charge in [0.05, 0.1) is 0 Å². The molecule has 1 atom stereocenters. The highest BCUT2D eigenvalue weighted by Gasteiger charge is 2.03. The number of hydrogen-bond donors (Lipinski definition) is 2. The lowest BCUT2D eigenvalue weighted by atomic mass is 10.0. The van der Waals surface area contributed by atoms with Gasteiger partial charge >= 0.3 is 0 Å². The molecule has 0 amide bonds. The lowest BCUT2D eigenvalue weighted by molar-refractivity contribution is 0.738. The van der Waals surface area contributed by atoms with Crippen LogP contribution >= 0.6 is 0 Å². The molecule has 2 nitrogen and oxygen atoms in total. The average molecular weight is 186 g/mol. The van der Waals surface area contributed by atoms with Gasteiger partial charge in [0.25, 0.3) is 0 Å². The van der Waals surface area contributed by atoms with E-state index in [1.807, 2.05) is 18.2 Å². The van der Waals surface area contributed by atoms with E-state index in [0.29, 0.717) is 6.54 Å². The van der Waals surface area contributed by atoms with Gasteiger partial charge in [-0.2, -0.15) is 0 Å². The first-order valence-electron chi connectivity index (χ1n) is 4.75. The van der Waals surface area contributed by atoms with E-state index in [4.69, 9.17) is 11.5 Å². The predicted octanol–water partition coefficient (Wildman–Crippen LogP) is 1.80. The molecular formula is C12H14N2. The van der Waals surface area contributed by atoms with Crippen LogP contribution in [-0.4, -0.2) is 6.54 Å². The van der Waals surface area contributed by atoms with Gasteiger partial charge in [0.2, 0.25) is 0 Å². The third kappa shape index (κ3) is 1.62. The molecule has 2 aromatic carbocycles. The van der Waals surface area contributed by atoms with Crippen LogP contribution in [0.15, 0.2) is 42.5 Å². The summed E-state index contributed by atoms with van der Waals surface area (Å²) in [4.78, 5) is 0. The highest BCUT2D eigenvalue weighted by molar-refractivity contribution is 5.83. The van der Waals surface area contributed by atoms with Gasteiger partial charge in [0.1, 0.15) is 0 Å². The lowest BCUT2D eigenvalue weighted by Crippen LogP contribution is -2.20. The molecule has 0 saturated carbocycles. The molecule has 0 aliphatic carbocycles. The van der Waals surface area contributed by atoms with E-state index in [1.165, 1.54) is 10.8 Å². The maximum Gasteiger partial charge on any atom is 0.0419 e. The first-order chi connectivity index (χ1) is 6.81. The summed E-state index contributed by atoms with van der Waals surface area (Å²) >= 11 is 0. The van der Waals surface area contributed by atoms with Crippen LogP contribution in [0.2, 0.25) is 0 Å². The zero-order valence-corrected chi connectivity index (χ0v) is 7.98. The molecule has 0 spiro atoms. The van der Waals surface area contributed by atoms with Crippen LogP contribution in [0.25, 0.3) is 10.8 Å². The summed E-state index contributed by atoms with van der Waals surface area (Å²) in [5.41, 5.74) is 12.5. The van der Waals surface area contributed by atoms with Crippen LogP contribution in [-0.2, 0) is 0 Å². The van der Waals surface area contributed by atoms with Gasteiger partial charge in [-0.25, -0.2) is 0 Å². The second-order valence-corrected chi connectivity index (χ2v) is 3.45. The Balaban J connectivity index is 2.51. The predicted molar refractivity (Wildman–Crippen MR) is 59.9 cm³/mol. The van der Waals surface area contributed by atoms with E-state index in [1.54, 1.807) is 0 Å². The maximum atomic E-state index is 5.86. The highest BCUT2D eigenvalue weighted by atomic mass is 14.7. The van der Waals surface area contributed by atoms with Crippen molar-refractivity contribution < 1.29 is 0 Å². The van der Waals surface area contributed by atoms with Gasteiger partial charge in [-0.3, -0.25) is 0 Å². The Hall–Kier alpha value is -1.38. The molecule has 0 aliphatic rings. The molecule has 2 rings (SSSR count). The van der Waals surface area contributed by atoms with Crippen molar-refractivity contribution in [3.63, 3.8) is 0 Å². The topological polar surface area (TPSA) is 52.0 Å². The van der Waals surface area contributed by atoms with Gasteiger partial charge in [-0.05, 0) is 22.4 Å². The minimum absolute atomic E-state index is 0.0559. The maximum absolute atomic E-state index is 5.86. The van der Waals surface area contributed by atoms with Crippen LogP contribution in [0.3, 0.4) is 0 Å². The summed E-state index contributed by atoms with van der Waals surface area (Å²) in [5.74, 6) is 0. The van der Waals surface area contributed by atoms with E-state index >= 15 is 0 Å². The first kappa shape index (κ1) is 9.19. The average Bonchev–Trinajstić information content (AvgIpc) is 2.27. The number of nitrogens with two attached hydrogens (primary N) is 2. The number of benzene rings is 2. The fraction of sp³-hybridized carbons (Fsp3) is 0.167. The van der Waals surface area contributed by atoms with Crippen molar-refractivity contribution in [1.82, 2.24) is 0 Å². The van der Waals surface area contributed by atoms with Gasteiger partial charge in [-0.1, -0.05) is 36.4 Å². The minimum atomic E-state index is -0.0559. The summed E-state index contributed by atoms with van der Waals surface area (Å²) in [5, 5.41) is 2.45. The number of fused-ring (bicyclic) bond motifs is 1. The summed E-state index contributed by atoms with van der Waals surface area (Å²) in [6.07, 6.45) is 0. The number of hydrogen-bond acceptors (Lipinski definition) is 2. The molecule has 0 aliphatic heterocycles. The Kier molecular flexibility index (Phi) is 2.48. The Morgan fingerprint density at radius 3 is 2.43 bits per heavy atom. The monoisotopic (exact) mass is 186 g/mol. The molecule has 0 heterocycles. The summed E-state index contributed by atoms with van der Waals surface area (Å²) in [7, 11) is 0. The Labute approximate surface area is 83.5 Å². The standard InChI is InChI=1S/C12H14N2/c13-8-12(14)11-6-5-9-3-1-2-4-10(9)7-11/h1-7,12H,8,13-14H2. The van der Waals surface area contributed by atoms with Crippen molar-refractivity contribution in [3.05, 3.63) is 48.0 Å². The molecule has 0 bridgehead atoms. The SMILES string of the molecule is NCC(N)c1ccc2ccccc2c1. The van der Waals surface area contributed by atoms with Crippen molar-refractivity contribution in [2.24, 2.45) is 11.5 Å². The van der Waals surface area contributed by atoms with Crippen molar-refractivity contribution in [3.8, 4) is 0 Å². The fourth-order valence-electron chi connectivity index (χ4n) is 1.57. The van der Waals surface area contributed by atoms with Crippen LogP contribution in [0.5, 0.6) is 0 Å². The minimum Gasteiger partial charge on any atom is -0.329 e. The third-order valence-corrected chi connectivity index (χ3v) is 2.46. The van der Waals surface area contributed by atoms with Crippen molar-refractivity contribution in [2.75, 3.05) is 6.54 Å². The number of rotatable bonds is 2. The Morgan fingerprint density at radius 2 is 1.71 bits per heavy atom. The van der Waals surface area contributed by atoms with Crippen LogP contribution in [0, 0.1) is 0 Å². The summed E-state index contributed by atoms with van der Waals surface area (Å²) in [6.45, 7) is 0.484. The first-order valence-corrected chi connectivity index (χ1v) is 4.75. The molecule has 1 unspecified atom stereocenters.